The fraction of sp³-hybridized carbons (Fsp3) is 0.625. The van der Waals surface area contributed by atoms with Crippen LogP contribution in [0.15, 0.2) is 18.2 Å². The van der Waals surface area contributed by atoms with Gasteiger partial charge in [-0.3, -0.25) is 4.90 Å². The topological polar surface area (TPSA) is 21.8 Å². The van der Waals surface area contributed by atoms with Crippen molar-refractivity contribution in [2.24, 2.45) is 0 Å². The quantitative estimate of drug-likeness (QED) is 0.852. The van der Waals surface area contributed by atoms with Crippen molar-refractivity contribution < 1.29 is 4.39 Å². The summed E-state index contributed by atoms with van der Waals surface area (Å²) in [6, 6.07) is 5.56. The lowest BCUT2D eigenvalue weighted by molar-refractivity contribution is 0.229. The first-order valence-electron chi connectivity index (χ1n) is 7.65. The maximum atomic E-state index is 14.2. The van der Waals surface area contributed by atoms with Crippen LogP contribution in [0.5, 0.6) is 0 Å². The van der Waals surface area contributed by atoms with Crippen LogP contribution in [-0.4, -0.2) is 70.2 Å². The van der Waals surface area contributed by atoms with Crippen molar-refractivity contribution in [1.82, 2.24) is 15.1 Å². The molecule has 1 aliphatic heterocycles. The Labute approximate surface area is 127 Å². The van der Waals surface area contributed by atoms with Crippen LogP contribution < -0.4 is 10.2 Å². The van der Waals surface area contributed by atoms with Crippen molar-refractivity contribution in [2.45, 2.75) is 6.54 Å². The van der Waals surface area contributed by atoms with E-state index in [-0.39, 0.29) is 5.82 Å². The van der Waals surface area contributed by atoms with Crippen LogP contribution in [-0.2, 0) is 6.54 Å². The molecule has 1 aliphatic rings. The summed E-state index contributed by atoms with van der Waals surface area (Å²) in [5.41, 5.74) is 1.73. The lowest BCUT2D eigenvalue weighted by atomic mass is 10.1. The van der Waals surface area contributed by atoms with Crippen LogP contribution in [0.2, 0.25) is 0 Å². The zero-order chi connectivity index (χ0) is 15.2. The minimum absolute atomic E-state index is 0.107. The highest BCUT2D eigenvalue weighted by Gasteiger charge is 2.19. The molecule has 0 unspecified atom stereocenters. The molecule has 0 spiro atoms. The van der Waals surface area contributed by atoms with E-state index >= 15 is 0 Å². The summed E-state index contributed by atoms with van der Waals surface area (Å²) >= 11 is 0. The van der Waals surface area contributed by atoms with E-state index in [2.05, 4.69) is 34.1 Å². The van der Waals surface area contributed by atoms with Crippen LogP contribution in [0.4, 0.5) is 10.1 Å². The van der Waals surface area contributed by atoms with Gasteiger partial charge < -0.3 is 15.1 Å². The van der Waals surface area contributed by atoms with Gasteiger partial charge in [0.15, 0.2) is 0 Å². The van der Waals surface area contributed by atoms with E-state index in [0.717, 1.165) is 50.5 Å². The summed E-state index contributed by atoms with van der Waals surface area (Å²) in [5.74, 6) is -0.107. The molecule has 1 saturated heterocycles. The third kappa shape index (κ3) is 4.66. The van der Waals surface area contributed by atoms with Crippen LogP contribution >= 0.6 is 0 Å². The summed E-state index contributed by atoms with van der Waals surface area (Å²) in [6.07, 6.45) is 0. The molecule has 0 aliphatic carbocycles. The zero-order valence-electron chi connectivity index (χ0n) is 13.4. The molecular formula is C16H27FN4. The Morgan fingerprint density at radius 3 is 2.48 bits per heavy atom. The summed E-state index contributed by atoms with van der Waals surface area (Å²) in [4.78, 5) is 6.81. The van der Waals surface area contributed by atoms with Gasteiger partial charge in [0, 0.05) is 45.8 Å². The third-order valence-corrected chi connectivity index (χ3v) is 3.97. The molecular weight excluding hydrogens is 267 g/mol. The first kappa shape index (κ1) is 16.2. The first-order valence-corrected chi connectivity index (χ1v) is 7.65. The molecule has 4 nitrogen and oxygen atoms in total. The molecule has 118 valence electrons. The Morgan fingerprint density at radius 1 is 1.19 bits per heavy atom. The molecule has 1 aromatic rings. The predicted octanol–water partition coefficient (Wildman–Crippen LogP) is 1.23. The van der Waals surface area contributed by atoms with Crippen molar-refractivity contribution in [3.63, 3.8) is 0 Å². The van der Waals surface area contributed by atoms with Gasteiger partial charge in [0.1, 0.15) is 5.82 Å². The summed E-state index contributed by atoms with van der Waals surface area (Å²) in [6.45, 7) is 6.68. The van der Waals surface area contributed by atoms with Crippen LogP contribution in [0, 0.1) is 5.82 Å². The normalized spacial score (nSPS) is 16.7. The molecule has 1 N–H and O–H groups in total. The van der Waals surface area contributed by atoms with Crippen LogP contribution in [0.3, 0.4) is 0 Å². The number of anilines is 1. The van der Waals surface area contributed by atoms with Gasteiger partial charge in [-0.15, -0.1) is 0 Å². The molecule has 0 aromatic heterocycles. The SMILES string of the molecule is CNCc1ccc(N2CCN(CCN(C)C)CC2)c(F)c1. The van der Waals surface area contributed by atoms with Crippen molar-refractivity contribution in [1.29, 1.82) is 0 Å². The number of rotatable bonds is 6. The Morgan fingerprint density at radius 2 is 1.90 bits per heavy atom. The lowest BCUT2D eigenvalue weighted by Crippen LogP contribution is -2.48. The number of nitrogens with zero attached hydrogens (tertiary/aromatic N) is 3. The van der Waals surface area contributed by atoms with Gasteiger partial charge in [-0.05, 0) is 38.8 Å². The van der Waals surface area contributed by atoms with Crippen LogP contribution in [0.1, 0.15) is 5.56 Å². The van der Waals surface area contributed by atoms with E-state index in [1.807, 2.05) is 19.2 Å². The number of likely N-dealkylation sites (N-methyl/N-ethyl adjacent to an activating group) is 1. The molecule has 21 heavy (non-hydrogen) atoms. The predicted molar refractivity (Wildman–Crippen MR) is 86.4 cm³/mol. The van der Waals surface area contributed by atoms with E-state index in [4.69, 9.17) is 0 Å². The number of hydrogen-bond donors (Lipinski definition) is 1. The molecule has 0 amide bonds. The van der Waals surface area contributed by atoms with Gasteiger partial charge >= 0.3 is 0 Å². The Balaban J connectivity index is 1.90. The molecule has 5 heteroatoms. The highest BCUT2D eigenvalue weighted by molar-refractivity contribution is 5.49. The Hall–Kier alpha value is -1.17. The minimum atomic E-state index is -0.107. The zero-order valence-corrected chi connectivity index (χ0v) is 13.4. The van der Waals surface area contributed by atoms with Gasteiger partial charge in [-0.1, -0.05) is 6.07 Å². The smallest absolute Gasteiger partial charge is 0.146 e. The second kappa shape index (κ2) is 7.73. The number of nitrogens with one attached hydrogen (secondary N) is 1. The number of hydrogen-bond acceptors (Lipinski definition) is 4. The molecule has 0 saturated carbocycles. The fourth-order valence-electron chi connectivity index (χ4n) is 2.67. The molecule has 1 fully saturated rings. The highest BCUT2D eigenvalue weighted by atomic mass is 19.1. The van der Waals surface area contributed by atoms with Gasteiger partial charge in [0.2, 0.25) is 0 Å². The van der Waals surface area contributed by atoms with E-state index in [1.165, 1.54) is 0 Å². The number of halogens is 1. The molecule has 0 bridgehead atoms. The maximum Gasteiger partial charge on any atom is 0.146 e. The van der Waals surface area contributed by atoms with Crippen molar-refractivity contribution in [2.75, 3.05) is 65.3 Å². The van der Waals surface area contributed by atoms with Crippen molar-refractivity contribution >= 4 is 5.69 Å². The van der Waals surface area contributed by atoms with E-state index in [1.54, 1.807) is 6.07 Å². The molecule has 1 aromatic carbocycles. The van der Waals surface area contributed by atoms with Crippen molar-refractivity contribution in [3.05, 3.63) is 29.6 Å². The largest absolute Gasteiger partial charge is 0.367 e. The third-order valence-electron chi connectivity index (χ3n) is 3.97. The van der Waals surface area contributed by atoms with E-state index in [9.17, 15) is 4.39 Å². The Bertz CT molecular complexity index is 442. The molecule has 1 heterocycles. The molecule has 0 radical (unpaired) electrons. The first-order chi connectivity index (χ1) is 10.1. The average Bonchev–Trinajstić information content (AvgIpc) is 2.46. The van der Waals surface area contributed by atoms with E-state index < -0.39 is 0 Å². The second-order valence-electron chi connectivity index (χ2n) is 5.95. The average molecular weight is 294 g/mol. The minimum Gasteiger partial charge on any atom is -0.367 e. The summed E-state index contributed by atoms with van der Waals surface area (Å²) in [7, 11) is 6.06. The Kier molecular flexibility index (Phi) is 5.96. The fourth-order valence-corrected chi connectivity index (χ4v) is 2.67. The number of piperazine rings is 1. The van der Waals surface area contributed by atoms with Crippen LogP contribution in [0.25, 0.3) is 0 Å². The van der Waals surface area contributed by atoms with Crippen molar-refractivity contribution in [3.8, 4) is 0 Å². The van der Waals surface area contributed by atoms with Gasteiger partial charge in [-0.25, -0.2) is 4.39 Å². The molecule has 2 rings (SSSR count). The standard InChI is InChI=1S/C16H27FN4/c1-18-13-14-4-5-16(15(17)12-14)21-10-8-20(9-11-21)7-6-19(2)3/h4-5,12,18H,6-11,13H2,1-3H3. The van der Waals surface area contributed by atoms with Gasteiger partial charge in [-0.2, -0.15) is 0 Å². The summed E-state index contributed by atoms with van der Waals surface area (Å²) < 4.78 is 14.2. The van der Waals surface area contributed by atoms with E-state index in [0.29, 0.717) is 6.54 Å². The number of benzene rings is 1. The molecule has 0 atom stereocenters. The van der Waals surface area contributed by atoms with Gasteiger partial charge in [0.05, 0.1) is 5.69 Å². The second-order valence-corrected chi connectivity index (χ2v) is 5.95. The lowest BCUT2D eigenvalue weighted by Gasteiger charge is -2.36. The van der Waals surface area contributed by atoms with Gasteiger partial charge in [0.25, 0.3) is 0 Å². The monoisotopic (exact) mass is 294 g/mol. The maximum absolute atomic E-state index is 14.2. The summed E-state index contributed by atoms with van der Waals surface area (Å²) in [5, 5.41) is 3.05. The highest BCUT2D eigenvalue weighted by Crippen LogP contribution is 2.22.